The zero-order valence-electron chi connectivity index (χ0n) is 25.0. The maximum Gasteiger partial charge on any atom is 0.244 e. The van der Waals surface area contributed by atoms with Crippen LogP contribution >= 0.6 is 11.8 Å². The number of aliphatic hydroxyl groups excluding tert-OH is 3. The standard InChI is InChI=1S/C31H42N6O5S/c1-20-7-12-23(30-28(40)27(39)29(41)31(42-30)43-3)18-24(20)17-22-10-8-21(9-11-22)5-4-6-25-32-33-34-37(25)19-26(38)36-15-13-35(2)14-16-36/h7-12,18,27-31,39-41H,4-6,13-17,19H2,1-3H3/t27-,28-,29+,30+,31-/m1/s1. The van der Waals surface area contributed by atoms with Gasteiger partial charge < -0.3 is 29.9 Å². The first-order chi connectivity index (χ1) is 20.7. The van der Waals surface area contributed by atoms with Gasteiger partial charge in [-0.3, -0.25) is 4.79 Å². The van der Waals surface area contributed by atoms with Crippen molar-refractivity contribution in [2.75, 3.05) is 39.5 Å². The molecule has 0 aliphatic carbocycles. The van der Waals surface area contributed by atoms with Gasteiger partial charge >= 0.3 is 0 Å². The van der Waals surface area contributed by atoms with E-state index < -0.39 is 29.9 Å². The molecular weight excluding hydrogens is 568 g/mol. The fourth-order valence-corrected chi connectivity index (χ4v) is 6.35. The Morgan fingerprint density at radius 1 is 0.977 bits per heavy atom. The number of amides is 1. The second-order valence-electron chi connectivity index (χ2n) is 11.6. The fraction of sp³-hybridized carbons (Fsp3) is 0.548. The van der Waals surface area contributed by atoms with E-state index in [1.807, 2.05) is 23.1 Å². The van der Waals surface area contributed by atoms with Gasteiger partial charge in [-0.1, -0.05) is 42.5 Å². The number of aromatic nitrogens is 4. The number of carbonyl (C=O) groups is 1. The Morgan fingerprint density at radius 3 is 2.42 bits per heavy atom. The zero-order chi connectivity index (χ0) is 30.5. The van der Waals surface area contributed by atoms with Gasteiger partial charge in [-0.15, -0.1) is 16.9 Å². The topological polar surface area (TPSA) is 137 Å². The van der Waals surface area contributed by atoms with E-state index in [1.165, 1.54) is 17.3 Å². The van der Waals surface area contributed by atoms with Crippen LogP contribution in [0.2, 0.25) is 0 Å². The summed E-state index contributed by atoms with van der Waals surface area (Å²) >= 11 is 1.31. The minimum absolute atomic E-state index is 0.0565. The molecular formula is C31H42N6O5S. The number of hydrogen-bond donors (Lipinski definition) is 3. The molecule has 2 aliphatic heterocycles. The average molecular weight is 611 g/mol. The van der Waals surface area contributed by atoms with Gasteiger partial charge in [0, 0.05) is 32.6 Å². The molecule has 5 atom stereocenters. The molecule has 2 aliphatic rings. The third-order valence-corrected chi connectivity index (χ3v) is 9.39. The summed E-state index contributed by atoms with van der Waals surface area (Å²) in [7, 11) is 2.07. The normalized spacial score (nSPS) is 24.8. The van der Waals surface area contributed by atoms with Gasteiger partial charge in [0.25, 0.3) is 0 Å². The van der Waals surface area contributed by atoms with Gasteiger partial charge in [0.05, 0.1) is 0 Å². The van der Waals surface area contributed by atoms with E-state index in [2.05, 4.69) is 58.7 Å². The Bertz CT molecular complexity index is 1360. The zero-order valence-corrected chi connectivity index (χ0v) is 25.9. The number of ether oxygens (including phenoxy) is 1. The lowest BCUT2D eigenvalue weighted by Gasteiger charge is -2.40. The fourth-order valence-electron chi connectivity index (χ4n) is 5.68. The minimum Gasteiger partial charge on any atom is -0.387 e. The predicted octanol–water partition coefficient (Wildman–Crippen LogP) is 1.36. The summed E-state index contributed by atoms with van der Waals surface area (Å²) < 4.78 is 7.59. The molecule has 5 rings (SSSR count). The monoisotopic (exact) mass is 610 g/mol. The lowest BCUT2D eigenvalue weighted by atomic mass is 9.91. The van der Waals surface area contributed by atoms with Crippen LogP contribution in [0.3, 0.4) is 0 Å². The molecule has 12 heteroatoms. The third-order valence-electron chi connectivity index (χ3n) is 8.53. The van der Waals surface area contributed by atoms with E-state index in [9.17, 15) is 20.1 Å². The number of piperazine rings is 1. The lowest BCUT2D eigenvalue weighted by Crippen LogP contribution is -2.52. The summed E-state index contributed by atoms with van der Waals surface area (Å²) in [5, 5.41) is 43.2. The Kier molecular flexibility index (Phi) is 10.5. The molecule has 0 unspecified atom stereocenters. The number of aliphatic hydroxyl groups is 3. The number of hydrogen-bond acceptors (Lipinski definition) is 10. The van der Waals surface area contributed by atoms with E-state index in [1.54, 1.807) is 10.9 Å². The molecule has 3 heterocycles. The van der Waals surface area contributed by atoms with Crippen LogP contribution in [0, 0.1) is 6.92 Å². The largest absolute Gasteiger partial charge is 0.387 e. The van der Waals surface area contributed by atoms with Gasteiger partial charge in [-0.2, -0.15) is 0 Å². The van der Waals surface area contributed by atoms with Crippen molar-refractivity contribution >= 4 is 17.7 Å². The average Bonchev–Trinajstić information content (AvgIpc) is 3.45. The highest BCUT2D eigenvalue weighted by Gasteiger charge is 2.44. The first-order valence-electron chi connectivity index (χ1n) is 14.8. The molecule has 0 bridgehead atoms. The highest BCUT2D eigenvalue weighted by atomic mass is 32.2. The lowest BCUT2D eigenvalue weighted by molar-refractivity contribution is -0.200. The maximum atomic E-state index is 12.7. The van der Waals surface area contributed by atoms with Crippen LogP contribution in [0.25, 0.3) is 0 Å². The molecule has 0 radical (unpaired) electrons. The molecule has 0 spiro atoms. The first-order valence-corrected chi connectivity index (χ1v) is 16.1. The van der Waals surface area contributed by atoms with Crippen molar-refractivity contribution in [2.45, 2.75) is 69.0 Å². The Hall–Kier alpha value is -2.87. The summed E-state index contributed by atoms with van der Waals surface area (Å²) in [5.74, 6) is 0.786. The number of rotatable bonds is 10. The summed E-state index contributed by atoms with van der Waals surface area (Å²) in [5.41, 5.74) is 4.79. The van der Waals surface area contributed by atoms with Crippen LogP contribution in [0.5, 0.6) is 0 Å². The van der Waals surface area contributed by atoms with E-state index in [4.69, 9.17) is 4.74 Å². The molecule has 1 aromatic heterocycles. The predicted molar refractivity (Wildman–Crippen MR) is 163 cm³/mol. The Balaban J connectivity index is 1.15. The number of tetrazole rings is 1. The van der Waals surface area contributed by atoms with Crippen molar-refractivity contribution in [3.05, 3.63) is 76.1 Å². The van der Waals surface area contributed by atoms with E-state index in [0.717, 1.165) is 73.5 Å². The van der Waals surface area contributed by atoms with Crippen LogP contribution in [0.15, 0.2) is 42.5 Å². The van der Waals surface area contributed by atoms with Crippen molar-refractivity contribution < 1.29 is 24.9 Å². The van der Waals surface area contributed by atoms with Crippen molar-refractivity contribution in [2.24, 2.45) is 0 Å². The van der Waals surface area contributed by atoms with Crippen molar-refractivity contribution in [1.29, 1.82) is 0 Å². The molecule has 0 saturated carbocycles. The summed E-state index contributed by atoms with van der Waals surface area (Å²) in [6.07, 6.45) is 0.605. The molecule has 43 heavy (non-hydrogen) atoms. The highest BCUT2D eigenvalue weighted by Crippen LogP contribution is 2.36. The molecule has 1 amide bonds. The van der Waals surface area contributed by atoms with Crippen LogP contribution in [0.4, 0.5) is 0 Å². The molecule has 2 aromatic carbocycles. The Labute approximate surface area is 256 Å². The van der Waals surface area contributed by atoms with E-state index >= 15 is 0 Å². The van der Waals surface area contributed by atoms with Crippen molar-refractivity contribution in [3.8, 4) is 0 Å². The van der Waals surface area contributed by atoms with Gasteiger partial charge in [-0.25, -0.2) is 4.68 Å². The molecule has 11 nitrogen and oxygen atoms in total. The maximum absolute atomic E-state index is 12.7. The summed E-state index contributed by atoms with van der Waals surface area (Å²) in [4.78, 5) is 16.8. The number of aryl methyl sites for hydroxylation is 3. The van der Waals surface area contributed by atoms with Gasteiger partial charge in [-0.05, 0) is 77.7 Å². The number of carbonyl (C=O) groups excluding carboxylic acids is 1. The quantitative estimate of drug-likeness (QED) is 0.309. The third kappa shape index (κ3) is 7.62. The first kappa shape index (κ1) is 31.6. The van der Waals surface area contributed by atoms with Crippen LogP contribution in [0.1, 0.15) is 46.2 Å². The molecule has 2 saturated heterocycles. The number of nitrogens with zero attached hydrogens (tertiary/aromatic N) is 6. The highest BCUT2D eigenvalue weighted by molar-refractivity contribution is 7.99. The van der Waals surface area contributed by atoms with Crippen molar-refractivity contribution in [3.63, 3.8) is 0 Å². The summed E-state index contributed by atoms with van der Waals surface area (Å²) in [6.45, 7) is 5.47. The molecule has 3 aromatic rings. The second-order valence-corrected chi connectivity index (χ2v) is 12.5. The number of likely N-dealkylation sites (N-methyl/N-ethyl adjacent to an activating group) is 1. The number of thioether (sulfide) groups is 1. The van der Waals surface area contributed by atoms with Gasteiger partial charge in [0.15, 0.2) is 5.82 Å². The minimum atomic E-state index is -1.27. The Morgan fingerprint density at radius 2 is 1.70 bits per heavy atom. The molecule has 232 valence electrons. The molecule has 3 N–H and O–H groups in total. The van der Waals surface area contributed by atoms with E-state index in [-0.39, 0.29) is 12.5 Å². The summed E-state index contributed by atoms with van der Waals surface area (Å²) in [6, 6.07) is 14.5. The second kappa shape index (κ2) is 14.3. The van der Waals surface area contributed by atoms with Crippen molar-refractivity contribution in [1.82, 2.24) is 30.0 Å². The van der Waals surface area contributed by atoms with E-state index in [0.29, 0.717) is 6.42 Å². The van der Waals surface area contributed by atoms with Crippen LogP contribution < -0.4 is 0 Å². The SMILES string of the molecule is CS[C@H]1O[C@@H](c2ccc(C)c(Cc3ccc(CCCc4nnnn4CC(=O)N4CCN(C)CC4)cc3)c2)[C@H](O)[C@@H](O)[C@@H]1O. The van der Waals surface area contributed by atoms with Crippen LogP contribution in [-0.2, 0) is 35.3 Å². The molecule has 2 fully saturated rings. The van der Waals surface area contributed by atoms with Gasteiger partial charge in [0.1, 0.15) is 36.4 Å². The van der Waals surface area contributed by atoms with Gasteiger partial charge in [0.2, 0.25) is 5.91 Å². The van der Waals surface area contributed by atoms with Crippen LogP contribution in [-0.4, -0.2) is 114 Å². The number of benzene rings is 2. The smallest absolute Gasteiger partial charge is 0.244 e.